The Bertz CT molecular complexity index is 467. The van der Waals surface area contributed by atoms with E-state index in [-0.39, 0.29) is 0 Å². The summed E-state index contributed by atoms with van der Waals surface area (Å²) in [4.78, 5) is 6.17. The van der Waals surface area contributed by atoms with Crippen molar-refractivity contribution in [3.05, 3.63) is 24.3 Å². The van der Waals surface area contributed by atoms with Crippen LogP contribution in [0.3, 0.4) is 0 Å². The Morgan fingerprint density at radius 3 is 2.95 bits per heavy atom. The summed E-state index contributed by atoms with van der Waals surface area (Å²) in [6, 6.07) is 8.47. The fraction of sp³-hybridized carbons (Fsp3) is 0.533. The van der Waals surface area contributed by atoms with E-state index >= 15 is 0 Å². The molecule has 1 aromatic carbocycles. The lowest BCUT2D eigenvalue weighted by Gasteiger charge is -2.25. The van der Waals surface area contributed by atoms with Crippen LogP contribution in [0.25, 0.3) is 0 Å². The quantitative estimate of drug-likeness (QED) is 0.893. The second-order valence-corrected chi connectivity index (χ2v) is 7.61. The smallest absolute Gasteiger partial charge is 0.0870 e. The van der Waals surface area contributed by atoms with Crippen molar-refractivity contribution < 1.29 is 0 Å². The molecule has 19 heavy (non-hydrogen) atoms. The SMILES string of the molecule is CC1Sc2ccccc2N=C1SCC1CCNCC1. The van der Waals surface area contributed by atoms with E-state index in [1.807, 2.05) is 23.5 Å². The third-order valence-corrected chi connectivity index (χ3v) is 6.38. The number of para-hydroxylation sites is 1. The number of aliphatic imine (C=N–C) groups is 1. The van der Waals surface area contributed by atoms with Gasteiger partial charge in [0, 0.05) is 10.6 Å². The molecule has 2 aliphatic rings. The number of hydrogen-bond acceptors (Lipinski definition) is 4. The van der Waals surface area contributed by atoms with E-state index in [0.29, 0.717) is 5.25 Å². The summed E-state index contributed by atoms with van der Waals surface area (Å²) >= 11 is 3.92. The molecule has 0 spiro atoms. The number of thioether (sulfide) groups is 2. The molecule has 2 heterocycles. The first-order valence-electron chi connectivity index (χ1n) is 7.01. The largest absolute Gasteiger partial charge is 0.317 e. The molecule has 102 valence electrons. The van der Waals surface area contributed by atoms with Gasteiger partial charge in [-0.2, -0.15) is 0 Å². The highest BCUT2D eigenvalue weighted by atomic mass is 32.2. The van der Waals surface area contributed by atoms with Crippen LogP contribution in [0, 0.1) is 5.92 Å². The number of benzene rings is 1. The molecule has 0 radical (unpaired) electrons. The lowest BCUT2D eigenvalue weighted by molar-refractivity contribution is 0.408. The summed E-state index contributed by atoms with van der Waals surface area (Å²) in [6.07, 6.45) is 2.64. The van der Waals surface area contributed by atoms with Gasteiger partial charge in [0.15, 0.2) is 0 Å². The number of nitrogens with zero attached hydrogens (tertiary/aromatic N) is 1. The van der Waals surface area contributed by atoms with Crippen molar-refractivity contribution in [2.75, 3.05) is 18.8 Å². The maximum Gasteiger partial charge on any atom is 0.0870 e. The predicted octanol–water partition coefficient (Wildman–Crippen LogP) is 3.94. The van der Waals surface area contributed by atoms with Crippen molar-refractivity contribution in [3.8, 4) is 0 Å². The fourth-order valence-corrected chi connectivity index (χ4v) is 4.91. The van der Waals surface area contributed by atoms with Crippen LogP contribution in [0.5, 0.6) is 0 Å². The van der Waals surface area contributed by atoms with Gasteiger partial charge in [0.05, 0.1) is 16.0 Å². The average Bonchev–Trinajstić information content (AvgIpc) is 2.46. The van der Waals surface area contributed by atoms with E-state index in [1.165, 1.54) is 41.6 Å². The molecule has 1 atom stereocenters. The van der Waals surface area contributed by atoms with Crippen LogP contribution in [-0.4, -0.2) is 29.1 Å². The number of nitrogens with one attached hydrogen (secondary N) is 1. The summed E-state index contributed by atoms with van der Waals surface area (Å²) in [6.45, 7) is 4.64. The van der Waals surface area contributed by atoms with Crippen LogP contribution < -0.4 is 5.32 Å². The first-order valence-corrected chi connectivity index (χ1v) is 8.87. The molecule has 0 amide bonds. The molecule has 0 saturated carbocycles. The maximum atomic E-state index is 4.85. The number of rotatable bonds is 2. The van der Waals surface area contributed by atoms with Crippen molar-refractivity contribution in [1.82, 2.24) is 5.32 Å². The molecule has 0 bridgehead atoms. The molecule has 4 heteroatoms. The van der Waals surface area contributed by atoms with Gasteiger partial charge in [-0.25, -0.2) is 4.99 Å². The van der Waals surface area contributed by atoms with E-state index in [0.717, 1.165) is 11.6 Å². The lowest BCUT2D eigenvalue weighted by atomic mass is 10.0. The van der Waals surface area contributed by atoms with Crippen LogP contribution in [0.2, 0.25) is 0 Å². The van der Waals surface area contributed by atoms with Crippen LogP contribution in [0.1, 0.15) is 19.8 Å². The van der Waals surface area contributed by atoms with Gasteiger partial charge in [-0.05, 0) is 50.9 Å². The number of piperidine rings is 1. The zero-order valence-electron chi connectivity index (χ0n) is 11.3. The molecule has 1 unspecified atom stereocenters. The van der Waals surface area contributed by atoms with Crippen molar-refractivity contribution in [2.45, 2.75) is 29.9 Å². The molecule has 2 aliphatic heterocycles. The van der Waals surface area contributed by atoms with Gasteiger partial charge in [-0.1, -0.05) is 12.1 Å². The highest BCUT2D eigenvalue weighted by Crippen LogP contribution is 2.40. The third-order valence-electron chi connectivity index (χ3n) is 3.67. The summed E-state index contributed by atoms with van der Waals surface area (Å²) in [5, 5.41) is 5.24. The van der Waals surface area contributed by atoms with Gasteiger partial charge in [0.2, 0.25) is 0 Å². The molecular formula is C15H20N2S2. The van der Waals surface area contributed by atoms with Crippen molar-refractivity contribution >= 4 is 34.3 Å². The standard InChI is InChI=1S/C15H20N2S2/c1-11-15(18-10-12-6-8-16-9-7-12)17-13-4-2-3-5-14(13)19-11/h2-5,11-12,16H,6-10H2,1H3. The summed E-state index contributed by atoms with van der Waals surface area (Å²) < 4.78 is 0. The first-order chi connectivity index (χ1) is 9.33. The van der Waals surface area contributed by atoms with Crippen LogP contribution in [-0.2, 0) is 0 Å². The normalized spacial score (nSPS) is 23.8. The van der Waals surface area contributed by atoms with Crippen LogP contribution >= 0.6 is 23.5 Å². The van der Waals surface area contributed by atoms with Gasteiger partial charge >= 0.3 is 0 Å². The molecule has 0 aliphatic carbocycles. The second kappa shape index (κ2) is 6.33. The molecule has 1 fully saturated rings. The predicted molar refractivity (Wildman–Crippen MR) is 86.9 cm³/mol. The minimum absolute atomic E-state index is 0.501. The van der Waals surface area contributed by atoms with E-state index in [2.05, 4.69) is 36.5 Å². The zero-order chi connectivity index (χ0) is 13.1. The van der Waals surface area contributed by atoms with Gasteiger partial charge < -0.3 is 5.32 Å². The highest BCUT2D eigenvalue weighted by Gasteiger charge is 2.22. The molecule has 1 aromatic rings. The van der Waals surface area contributed by atoms with Gasteiger partial charge in [0.25, 0.3) is 0 Å². The monoisotopic (exact) mass is 292 g/mol. The average molecular weight is 292 g/mol. The van der Waals surface area contributed by atoms with Crippen molar-refractivity contribution in [2.24, 2.45) is 10.9 Å². The van der Waals surface area contributed by atoms with E-state index in [9.17, 15) is 0 Å². The fourth-order valence-electron chi connectivity index (χ4n) is 2.50. The number of fused-ring (bicyclic) bond motifs is 1. The second-order valence-electron chi connectivity index (χ2n) is 5.18. The molecule has 1 N–H and O–H groups in total. The summed E-state index contributed by atoms with van der Waals surface area (Å²) in [5.41, 5.74) is 1.15. The van der Waals surface area contributed by atoms with Crippen LogP contribution in [0.4, 0.5) is 5.69 Å². The minimum Gasteiger partial charge on any atom is -0.317 e. The Morgan fingerprint density at radius 1 is 1.32 bits per heavy atom. The van der Waals surface area contributed by atoms with Crippen LogP contribution in [0.15, 0.2) is 34.2 Å². The summed E-state index contributed by atoms with van der Waals surface area (Å²) in [7, 11) is 0. The Labute approximate surface area is 123 Å². The van der Waals surface area contributed by atoms with Crippen molar-refractivity contribution in [1.29, 1.82) is 0 Å². The molecule has 2 nitrogen and oxygen atoms in total. The van der Waals surface area contributed by atoms with Gasteiger partial charge in [0.1, 0.15) is 0 Å². The zero-order valence-corrected chi connectivity index (χ0v) is 12.9. The molecular weight excluding hydrogens is 272 g/mol. The Balaban J connectivity index is 1.65. The topological polar surface area (TPSA) is 24.4 Å². The third kappa shape index (κ3) is 3.36. The van der Waals surface area contributed by atoms with E-state index < -0.39 is 0 Å². The van der Waals surface area contributed by atoms with E-state index in [4.69, 9.17) is 4.99 Å². The molecule has 1 saturated heterocycles. The maximum absolute atomic E-state index is 4.85. The van der Waals surface area contributed by atoms with Gasteiger partial charge in [-0.3, -0.25) is 0 Å². The highest BCUT2D eigenvalue weighted by molar-refractivity contribution is 8.16. The van der Waals surface area contributed by atoms with Gasteiger partial charge in [-0.15, -0.1) is 23.5 Å². The lowest BCUT2D eigenvalue weighted by Crippen LogP contribution is -2.29. The van der Waals surface area contributed by atoms with E-state index in [1.54, 1.807) is 0 Å². The summed E-state index contributed by atoms with van der Waals surface area (Å²) in [5.74, 6) is 2.09. The number of hydrogen-bond donors (Lipinski definition) is 1. The Morgan fingerprint density at radius 2 is 2.11 bits per heavy atom. The minimum atomic E-state index is 0.501. The Kier molecular flexibility index (Phi) is 4.51. The Hall–Kier alpha value is -0.450. The first kappa shape index (κ1) is 13.5. The molecule has 0 aromatic heterocycles. The van der Waals surface area contributed by atoms with Crippen molar-refractivity contribution in [3.63, 3.8) is 0 Å². The molecule has 3 rings (SSSR count).